The molecule has 1 N–H and O–H groups in total. The van der Waals surface area contributed by atoms with E-state index in [2.05, 4.69) is 14.8 Å². The van der Waals surface area contributed by atoms with Crippen molar-refractivity contribution in [1.29, 1.82) is 0 Å². The molecule has 22 heavy (non-hydrogen) atoms. The zero-order valence-corrected chi connectivity index (χ0v) is 13.7. The van der Waals surface area contributed by atoms with E-state index in [4.69, 9.17) is 0 Å². The molecule has 0 saturated carbocycles. The molecule has 120 valence electrons. The molecule has 0 aliphatic rings. The number of sulfone groups is 1. The van der Waals surface area contributed by atoms with Gasteiger partial charge in [0.25, 0.3) is 0 Å². The number of hydrogen-bond acceptors (Lipinski definition) is 6. The summed E-state index contributed by atoms with van der Waals surface area (Å²) in [6.45, 7) is 1.99. The Labute approximate surface area is 129 Å². The summed E-state index contributed by atoms with van der Waals surface area (Å²) in [4.78, 5) is 3.64. The fraction of sp³-hybridized carbons (Fsp3) is 0.333. The molecule has 1 aromatic heterocycles. The molecular formula is C12H16N4O4S2. The summed E-state index contributed by atoms with van der Waals surface area (Å²) in [5, 5.41) is 3.90. The summed E-state index contributed by atoms with van der Waals surface area (Å²) in [7, 11) is -7.29. The summed E-state index contributed by atoms with van der Waals surface area (Å²) in [6, 6.07) is 4.80. The van der Waals surface area contributed by atoms with Gasteiger partial charge in [0.05, 0.1) is 16.3 Å². The van der Waals surface area contributed by atoms with Gasteiger partial charge in [-0.25, -0.2) is 26.5 Å². The maximum Gasteiger partial charge on any atom is 0.240 e. The number of hydrogen-bond donors (Lipinski definition) is 1. The first kappa shape index (κ1) is 16.6. The smallest absolute Gasteiger partial charge is 0.240 e. The third-order valence-corrected chi connectivity index (χ3v) is 5.53. The van der Waals surface area contributed by atoms with E-state index >= 15 is 0 Å². The highest BCUT2D eigenvalue weighted by atomic mass is 32.2. The monoisotopic (exact) mass is 344 g/mol. The molecule has 1 heterocycles. The number of nitrogens with one attached hydrogen (secondary N) is 1. The summed E-state index contributed by atoms with van der Waals surface area (Å²) >= 11 is 0. The van der Waals surface area contributed by atoms with Gasteiger partial charge in [0.2, 0.25) is 10.0 Å². The minimum atomic E-state index is -3.82. The van der Waals surface area contributed by atoms with Crippen LogP contribution >= 0.6 is 0 Å². The van der Waals surface area contributed by atoms with Gasteiger partial charge in [0, 0.05) is 12.3 Å². The van der Waals surface area contributed by atoms with Gasteiger partial charge in [-0.15, -0.1) is 0 Å². The summed E-state index contributed by atoms with van der Waals surface area (Å²) in [5.41, 5.74) is 0. The highest BCUT2D eigenvalue weighted by Gasteiger charge is 2.19. The Kier molecular flexibility index (Phi) is 4.63. The molecule has 0 saturated heterocycles. The molecule has 0 bridgehead atoms. The lowest BCUT2D eigenvalue weighted by Crippen LogP contribution is -2.35. The SMILES string of the molecule is C[C@@H](Cn1cncn1)NS(=O)(=O)c1cccc(S(C)(=O)=O)c1. The maximum absolute atomic E-state index is 12.3. The Bertz CT molecular complexity index is 845. The van der Waals surface area contributed by atoms with E-state index < -0.39 is 25.9 Å². The van der Waals surface area contributed by atoms with E-state index in [0.29, 0.717) is 6.54 Å². The molecule has 0 amide bonds. The third kappa shape index (κ3) is 4.12. The molecule has 0 fully saturated rings. The Morgan fingerprint density at radius 1 is 1.23 bits per heavy atom. The van der Waals surface area contributed by atoms with Gasteiger partial charge in [0.1, 0.15) is 12.7 Å². The average molecular weight is 344 g/mol. The van der Waals surface area contributed by atoms with Crippen LogP contribution in [0.5, 0.6) is 0 Å². The Balaban J connectivity index is 2.20. The fourth-order valence-electron chi connectivity index (χ4n) is 1.85. The van der Waals surface area contributed by atoms with Crippen LogP contribution in [-0.4, -0.2) is 43.9 Å². The fourth-order valence-corrected chi connectivity index (χ4v) is 3.87. The summed E-state index contributed by atoms with van der Waals surface area (Å²) < 4.78 is 51.6. The van der Waals surface area contributed by atoms with Crippen LogP contribution < -0.4 is 4.72 Å². The largest absolute Gasteiger partial charge is 0.251 e. The second kappa shape index (κ2) is 6.15. The van der Waals surface area contributed by atoms with Crippen LogP contribution in [0.15, 0.2) is 46.7 Å². The normalized spacial score (nSPS) is 13.9. The topological polar surface area (TPSA) is 111 Å². The Hall–Kier alpha value is -1.78. The number of benzene rings is 1. The average Bonchev–Trinajstić information content (AvgIpc) is 2.90. The van der Waals surface area contributed by atoms with E-state index in [9.17, 15) is 16.8 Å². The number of rotatable bonds is 6. The van der Waals surface area contributed by atoms with Gasteiger partial charge in [-0.05, 0) is 25.1 Å². The molecule has 2 aromatic rings. The lowest BCUT2D eigenvalue weighted by atomic mass is 10.4. The Morgan fingerprint density at radius 2 is 1.91 bits per heavy atom. The van der Waals surface area contributed by atoms with Gasteiger partial charge in [-0.1, -0.05) is 6.07 Å². The second-order valence-corrected chi connectivity index (χ2v) is 8.62. The van der Waals surface area contributed by atoms with Crippen molar-refractivity contribution in [1.82, 2.24) is 19.5 Å². The molecule has 10 heteroatoms. The van der Waals surface area contributed by atoms with E-state index in [1.807, 2.05) is 0 Å². The molecule has 8 nitrogen and oxygen atoms in total. The standard InChI is InChI=1S/C12H16N4O4S2/c1-10(7-16-9-13-8-14-16)15-22(19,20)12-5-3-4-11(6-12)21(2,17)18/h3-6,8-10,15H,7H2,1-2H3/t10-/m0/s1. The lowest BCUT2D eigenvalue weighted by Gasteiger charge is -2.14. The predicted molar refractivity (Wildman–Crippen MR) is 79.4 cm³/mol. The van der Waals surface area contributed by atoms with Crippen molar-refractivity contribution >= 4 is 19.9 Å². The minimum Gasteiger partial charge on any atom is -0.251 e. The van der Waals surface area contributed by atoms with Crippen molar-refractivity contribution < 1.29 is 16.8 Å². The molecule has 0 aliphatic carbocycles. The molecule has 0 radical (unpaired) electrons. The lowest BCUT2D eigenvalue weighted by molar-refractivity contribution is 0.493. The van der Waals surface area contributed by atoms with Crippen LogP contribution in [0.25, 0.3) is 0 Å². The third-order valence-electron chi connectivity index (χ3n) is 2.83. The van der Waals surface area contributed by atoms with Gasteiger partial charge in [-0.2, -0.15) is 5.10 Å². The van der Waals surface area contributed by atoms with E-state index in [1.54, 1.807) is 6.92 Å². The second-order valence-electron chi connectivity index (χ2n) is 4.89. The van der Waals surface area contributed by atoms with Crippen molar-refractivity contribution in [2.75, 3.05) is 6.26 Å². The summed E-state index contributed by atoms with van der Waals surface area (Å²) in [6.07, 6.45) is 3.87. The molecule has 0 unspecified atom stereocenters. The number of aromatic nitrogens is 3. The molecule has 2 rings (SSSR count). The van der Waals surface area contributed by atoms with Crippen LogP contribution in [0, 0.1) is 0 Å². The highest BCUT2D eigenvalue weighted by molar-refractivity contribution is 7.91. The first-order chi connectivity index (χ1) is 10.2. The van der Waals surface area contributed by atoms with Crippen molar-refractivity contribution in [2.24, 2.45) is 0 Å². The van der Waals surface area contributed by atoms with Crippen molar-refractivity contribution in [2.45, 2.75) is 29.3 Å². The van der Waals surface area contributed by atoms with Gasteiger partial charge < -0.3 is 0 Å². The molecule has 0 spiro atoms. The van der Waals surface area contributed by atoms with Crippen LogP contribution in [0.1, 0.15) is 6.92 Å². The van der Waals surface area contributed by atoms with Crippen LogP contribution in [0.2, 0.25) is 0 Å². The van der Waals surface area contributed by atoms with Crippen LogP contribution in [0.3, 0.4) is 0 Å². The van der Waals surface area contributed by atoms with Gasteiger partial charge >= 0.3 is 0 Å². The number of nitrogens with zero attached hydrogens (tertiary/aromatic N) is 3. The highest BCUT2D eigenvalue weighted by Crippen LogP contribution is 2.16. The summed E-state index contributed by atoms with van der Waals surface area (Å²) in [5.74, 6) is 0. The molecule has 0 aliphatic heterocycles. The maximum atomic E-state index is 12.3. The predicted octanol–water partition coefficient (Wildman–Crippen LogP) is 0.0486. The zero-order chi connectivity index (χ0) is 16.4. The van der Waals surface area contributed by atoms with Crippen molar-refractivity contribution in [3.05, 3.63) is 36.9 Å². The van der Waals surface area contributed by atoms with Crippen LogP contribution in [0.4, 0.5) is 0 Å². The van der Waals surface area contributed by atoms with E-state index in [-0.39, 0.29) is 9.79 Å². The van der Waals surface area contributed by atoms with E-state index in [1.165, 1.54) is 35.5 Å². The van der Waals surface area contributed by atoms with Gasteiger partial charge in [-0.3, -0.25) is 4.68 Å². The minimum absolute atomic E-state index is 0.0423. The molecule has 1 aromatic carbocycles. The molecule has 1 atom stereocenters. The first-order valence-corrected chi connectivity index (χ1v) is 9.71. The van der Waals surface area contributed by atoms with Crippen molar-refractivity contribution in [3.8, 4) is 0 Å². The van der Waals surface area contributed by atoms with Gasteiger partial charge in [0.15, 0.2) is 9.84 Å². The Morgan fingerprint density at radius 3 is 2.50 bits per heavy atom. The molecular weight excluding hydrogens is 328 g/mol. The van der Waals surface area contributed by atoms with Crippen LogP contribution in [-0.2, 0) is 26.4 Å². The zero-order valence-electron chi connectivity index (χ0n) is 12.0. The quantitative estimate of drug-likeness (QED) is 0.792. The van der Waals surface area contributed by atoms with Crippen molar-refractivity contribution in [3.63, 3.8) is 0 Å². The first-order valence-electron chi connectivity index (χ1n) is 6.33. The van der Waals surface area contributed by atoms with E-state index in [0.717, 1.165) is 12.3 Å². The number of sulfonamides is 1.